The molecular weight excluding hydrogens is 211 g/mol. The number of nitrogens with zero attached hydrogens (tertiary/aromatic N) is 1. The van der Waals surface area contributed by atoms with E-state index < -0.39 is 6.29 Å². The zero-order valence-corrected chi connectivity index (χ0v) is 9.74. The van der Waals surface area contributed by atoms with Crippen molar-refractivity contribution in [2.24, 2.45) is 0 Å². The van der Waals surface area contributed by atoms with Crippen molar-refractivity contribution in [2.45, 2.75) is 19.3 Å². The van der Waals surface area contributed by atoms with E-state index in [9.17, 15) is 4.39 Å². The van der Waals surface area contributed by atoms with E-state index in [2.05, 4.69) is 10.3 Å². The number of nitrogens with one attached hydrogen (secondary N) is 1. The number of rotatable bonds is 6. The van der Waals surface area contributed by atoms with Crippen LogP contribution in [0.25, 0.3) is 0 Å². The molecule has 1 aromatic heterocycles. The summed E-state index contributed by atoms with van der Waals surface area (Å²) in [6.45, 7) is 2.69. The largest absolute Gasteiger partial charge is 0.354 e. The molecule has 0 fully saturated rings. The van der Waals surface area contributed by atoms with Crippen LogP contribution in [0.5, 0.6) is 0 Å². The second-order valence-electron chi connectivity index (χ2n) is 3.31. The van der Waals surface area contributed by atoms with Gasteiger partial charge in [-0.15, -0.1) is 0 Å². The van der Waals surface area contributed by atoms with Crippen LogP contribution < -0.4 is 5.32 Å². The third-order valence-electron chi connectivity index (χ3n) is 2.25. The Bertz CT molecular complexity index is 319. The third-order valence-corrected chi connectivity index (χ3v) is 2.25. The van der Waals surface area contributed by atoms with Crippen LogP contribution in [0.4, 0.5) is 4.39 Å². The smallest absolute Gasteiger partial charge is 0.176 e. The van der Waals surface area contributed by atoms with Crippen molar-refractivity contribution in [1.29, 1.82) is 0 Å². The summed E-state index contributed by atoms with van der Waals surface area (Å²) in [6, 6.07) is 1.19. The van der Waals surface area contributed by atoms with Gasteiger partial charge in [0.2, 0.25) is 0 Å². The SMILES string of the molecule is CCNC(c1cncc(F)c1)C(OC)OC. The first kappa shape index (κ1) is 13.0. The minimum Gasteiger partial charge on any atom is -0.354 e. The Morgan fingerprint density at radius 1 is 1.38 bits per heavy atom. The summed E-state index contributed by atoms with van der Waals surface area (Å²) in [6.07, 6.45) is 2.30. The molecule has 0 saturated carbocycles. The lowest BCUT2D eigenvalue weighted by molar-refractivity contribution is -0.124. The first-order valence-corrected chi connectivity index (χ1v) is 5.12. The van der Waals surface area contributed by atoms with Gasteiger partial charge in [-0.05, 0) is 18.2 Å². The van der Waals surface area contributed by atoms with E-state index in [-0.39, 0.29) is 11.9 Å². The number of aromatic nitrogens is 1. The van der Waals surface area contributed by atoms with E-state index in [0.717, 1.165) is 6.54 Å². The lowest BCUT2D eigenvalue weighted by Crippen LogP contribution is -2.34. The van der Waals surface area contributed by atoms with E-state index >= 15 is 0 Å². The number of hydrogen-bond acceptors (Lipinski definition) is 4. The molecule has 16 heavy (non-hydrogen) atoms. The summed E-state index contributed by atoms with van der Waals surface area (Å²) in [4.78, 5) is 3.81. The van der Waals surface area contributed by atoms with E-state index in [0.29, 0.717) is 5.56 Å². The van der Waals surface area contributed by atoms with Crippen molar-refractivity contribution in [1.82, 2.24) is 10.3 Å². The second-order valence-corrected chi connectivity index (χ2v) is 3.31. The molecule has 0 aromatic carbocycles. The number of methoxy groups -OCH3 is 2. The van der Waals surface area contributed by atoms with Crippen LogP contribution in [0.15, 0.2) is 18.5 Å². The average Bonchev–Trinajstić information content (AvgIpc) is 2.29. The van der Waals surface area contributed by atoms with Gasteiger partial charge in [0.15, 0.2) is 6.29 Å². The van der Waals surface area contributed by atoms with Gasteiger partial charge in [-0.3, -0.25) is 4.98 Å². The molecule has 1 rings (SSSR count). The van der Waals surface area contributed by atoms with Gasteiger partial charge >= 0.3 is 0 Å². The van der Waals surface area contributed by atoms with Crippen molar-refractivity contribution in [2.75, 3.05) is 20.8 Å². The summed E-state index contributed by atoms with van der Waals surface area (Å²) < 4.78 is 23.4. The molecule has 0 aliphatic heterocycles. The van der Waals surface area contributed by atoms with E-state index in [1.54, 1.807) is 20.4 Å². The molecular formula is C11H17FN2O2. The molecule has 1 heterocycles. The highest BCUT2D eigenvalue weighted by molar-refractivity contribution is 5.16. The van der Waals surface area contributed by atoms with Gasteiger partial charge in [0.1, 0.15) is 5.82 Å². The molecule has 1 unspecified atom stereocenters. The Morgan fingerprint density at radius 2 is 2.06 bits per heavy atom. The van der Waals surface area contributed by atoms with E-state index in [4.69, 9.17) is 9.47 Å². The number of pyridine rings is 1. The van der Waals surface area contributed by atoms with Gasteiger partial charge in [0.05, 0.1) is 12.2 Å². The Kier molecular flexibility index (Phi) is 5.31. The Labute approximate surface area is 94.8 Å². The fraction of sp³-hybridized carbons (Fsp3) is 0.545. The third kappa shape index (κ3) is 3.23. The molecule has 0 bridgehead atoms. The number of ether oxygens (including phenoxy) is 2. The molecule has 0 amide bonds. The number of hydrogen-bond donors (Lipinski definition) is 1. The highest BCUT2D eigenvalue weighted by Crippen LogP contribution is 2.19. The van der Waals surface area contributed by atoms with Gasteiger partial charge in [-0.1, -0.05) is 6.92 Å². The van der Waals surface area contributed by atoms with Crippen LogP contribution in [-0.4, -0.2) is 32.0 Å². The van der Waals surface area contributed by atoms with Crippen LogP contribution in [0.3, 0.4) is 0 Å². The zero-order chi connectivity index (χ0) is 12.0. The van der Waals surface area contributed by atoms with Gasteiger partial charge in [-0.25, -0.2) is 4.39 Å². The minimum atomic E-state index is -0.469. The highest BCUT2D eigenvalue weighted by Gasteiger charge is 2.22. The summed E-state index contributed by atoms with van der Waals surface area (Å²) in [7, 11) is 3.09. The van der Waals surface area contributed by atoms with E-state index in [1.165, 1.54) is 12.3 Å². The van der Waals surface area contributed by atoms with Crippen LogP contribution in [0.2, 0.25) is 0 Å². The predicted octanol–water partition coefficient (Wildman–Crippen LogP) is 1.49. The Balaban J connectivity index is 2.91. The molecule has 90 valence electrons. The molecule has 0 aliphatic carbocycles. The lowest BCUT2D eigenvalue weighted by Gasteiger charge is -2.25. The van der Waals surface area contributed by atoms with Gasteiger partial charge < -0.3 is 14.8 Å². The fourth-order valence-corrected chi connectivity index (χ4v) is 1.56. The quantitative estimate of drug-likeness (QED) is 0.749. The van der Waals surface area contributed by atoms with Crippen LogP contribution >= 0.6 is 0 Å². The molecule has 1 aromatic rings. The monoisotopic (exact) mass is 228 g/mol. The molecule has 1 N–H and O–H groups in total. The minimum absolute atomic E-state index is 0.233. The van der Waals surface area contributed by atoms with Crippen LogP contribution in [0, 0.1) is 5.82 Å². The van der Waals surface area contributed by atoms with Gasteiger partial charge in [0, 0.05) is 20.4 Å². The summed E-state index contributed by atoms with van der Waals surface area (Å²) in [5, 5.41) is 3.17. The van der Waals surface area contributed by atoms with Crippen molar-refractivity contribution in [3.8, 4) is 0 Å². The Hall–Kier alpha value is -1.04. The molecule has 0 radical (unpaired) electrons. The molecule has 0 spiro atoms. The van der Waals surface area contributed by atoms with E-state index in [1.807, 2.05) is 6.92 Å². The number of halogens is 1. The zero-order valence-electron chi connectivity index (χ0n) is 9.74. The topological polar surface area (TPSA) is 43.4 Å². The van der Waals surface area contributed by atoms with Crippen molar-refractivity contribution < 1.29 is 13.9 Å². The molecule has 0 aliphatic rings. The maximum Gasteiger partial charge on any atom is 0.176 e. The first-order valence-electron chi connectivity index (χ1n) is 5.12. The maximum atomic E-state index is 13.1. The molecule has 5 heteroatoms. The summed E-state index contributed by atoms with van der Waals surface area (Å²) >= 11 is 0. The standard InChI is InChI=1S/C11H17FN2O2/c1-4-14-10(11(15-2)16-3)8-5-9(12)7-13-6-8/h5-7,10-11,14H,4H2,1-3H3. The van der Waals surface area contributed by atoms with Crippen LogP contribution in [0.1, 0.15) is 18.5 Å². The van der Waals surface area contributed by atoms with Crippen molar-refractivity contribution in [3.63, 3.8) is 0 Å². The second kappa shape index (κ2) is 6.52. The summed E-state index contributed by atoms with van der Waals surface area (Å²) in [5.74, 6) is -0.369. The molecule has 0 saturated heterocycles. The first-order chi connectivity index (χ1) is 7.72. The number of likely N-dealkylation sites (N-methyl/N-ethyl adjacent to an activating group) is 1. The van der Waals surface area contributed by atoms with Crippen molar-refractivity contribution >= 4 is 0 Å². The average molecular weight is 228 g/mol. The normalized spacial score (nSPS) is 13.1. The fourth-order valence-electron chi connectivity index (χ4n) is 1.56. The van der Waals surface area contributed by atoms with Gasteiger partial charge in [0.25, 0.3) is 0 Å². The molecule has 1 atom stereocenters. The Morgan fingerprint density at radius 3 is 2.56 bits per heavy atom. The predicted molar refractivity (Wildman–Crippen MR) is 58.4 cm³/mol. The van der Waals surface area contributed by atoms with Gasteiger partial charge in [-0.2, -0.15) is 0 Å². The maximum absolute atomic E-state index is 13.1. The highest BCUT2D eigenvalue weighted by atomic mass is 19.1. The van der Waals surface area contributed by atoms with Crippen molar-refractivity contribution in [3.05, 3.63) is 29.8 Å². The van der Waals surface area contributed by atoms with Crippen LogP contribution in [-0.2, 0) is 9.47 Å². The molecule has 4 nitrogen and oxygen atoms in total. The lowest BCUT2D eigenvalue weighted by atomic mass is 10.1. The summed E-state index contributed by atoms with van der Waals surface area (Å²) in [5.41, 5.74) is 0.704.